The van der Waals surface area contributed by atoms with Crippen LogP contribution in [-0.2, 0) is 5.75 Å². The van der Waals surface area contributed by atoms with Gasteiger partial charge in [0.05, 0.1) is 17.3 Å². The molecular formula is C31H27N3O2S2. The number of carbonyl (C=O) groups excluding carboxylic acids is 1. The molecular weight excluding hydrogens is 510 g/mol. The largest absolute Gasteiger partial charge is 0.490 e. The van der Waals surface area contributed by atoms with Crippen LogP contribution in [0.3, 0.4) is 0 Å². The highest BCUT2D eigenvalue weighted by Crippen LogP contribution is 2.38. The number of carbonyl (C=O) groups is 1. The van der Waals surface area contributed by atoms with E-state index in [0.29, 0.717) is 5.56 Å². The number of ether oxygens (including phenoxy) is 1. The second-order valence-corrected chi connectivity index (χ2v) is 11.9. The van der Waals surface area contributed by atoms with Gasteiger partial charge in [0.25, 0.3) is 5.91 Å². The van der Waals surface area contributed by atoms with Crippen molar-refractivity contribution in [2.45, 2.75) is 54.0 Å². The Hall–Kier alpha value is -3.60. The lowest BCUT2D eigenvalue weighted by Crippen LogP contribution is -2.49. The lowest BCUT2D eigenvalue weighted by molar-refractivity contribution is 0.0359. The molecule has 7 heteroatoms. The van der Waals surface area contributed by atoms with Crippen molar-refractivity contribution < 1.29 is 9.53 Å². The van der Waals surface area contributed by atoms with E-state index < -0.39 is 0 Å². The van der Waals surface area contributed by atoms with Crippen LogP contribution in [0.5, 0.6) is 5.75 Å². The van der Waals surface area contributed by atoms with Crippen molar-refractivity contribution >= 4 is 29.0 Å². The first-order valence-electron chi connectivity index (χ1n) is 12.9. The van der Waals surface area contributed by atoms with Gasteiger partial charge < -0.3 is 9.64 Å². The summed E-state index contributed by atoms with van der Waals surface area (Å²) in [7, 11) is 0. The van der Waals surface area contributed by atoms with Crippen molar-refractivity contribution in [2.24, 2.45) is 0 Å². The van der Waals surface area contributed by atoms with E-state index in [1.807, 2.05) is 42.5 Å². The number of hydrogen-bond acceptors (Lipinski definition) is 6. The van der Waals surface area contributed by atoms with Gasteiger partial charge in [0.1, 0.15) is 11.9 Å². The molecule has 1 aromatic heterocycles. The van der Waals surface area contributed by atoms with E-state index >= 15 is 0 Å². The van der Waals surface area contributed by atoms with Gasteiger partial charge in [0, 0.05) is 47.2 Å². The third-order valence-corrected chi connectivity index (χ3v) is 9.40. The predicted molar refractivity (Wildman–Crippen MR) is 151 cm³/mol. The molecule has 2 bridgehead atoms. The summed E-state index contributed by atoms with van der Waals surface area (Å²) in [4.78, 5) is 20.3. The van der Waals surface area contributed by atoms with Crippen molar-refractivity contribution in [3.05, 3.63) is 101 Å². The summed E-state index contributed by atoms with van der Waals surface area (Å²) in [6.07, 6.45) is 3.75. The fraction of sp³-hybridized carbons (Fsp3) is 0.258. The summed E-state index contributed by atoms with van der Waals surface area (Å²) in [5.41, 5.74) is 4.67. The summed E-state index contributed by atoms with van der Waals surface area (Å²) >= 11 is 3.39. The zero-order chi connectivity index (χ0) is 25.9. The fourth-order valence-corrected chi connectivity index (χ4v) is 7.28. The Labute approximate surface area is 231 Å². The molecule has 0 N–H and O–H groups in total. The van der Waals surface area contributed by atoms with Crippen LogP contribution in [0, 0.1) is 11.3 Å². The Kier molecular flexibility index (Phi) is 7.17. The second-order valence-electron chi connectivity index (χ2n) is 9.80. The Bertz CT molecular complexity index is 1450. The molecule has 3 heterocycles. The van der Waals surface area contributed by atoms with Crippen molar-refractivity contribution in [2.75, 3.05) is 0 Å². The minimum Gasteiger partial charge on any atom is -0.490 e. The van der Waals surface area contributed by atoms with Gasteiger partial charge in [0.15, 0.2) is 4.34 Å². The first kappa shape index (κ1) is 24.7. The van der Waals surface area contributed by atoms with E-state index in [-0.39, 0.29) is 24.1 Å². The van der Waals surface area contributed by atoms with Crippen LogP contribution in [0.4, 0.5) is 0 Å². The third-order valence-electron chi connectivity index (χ3n) is 7.31. The van der Waals surface area contributed by atoms with E-state index in [2.05, 4.69) is 40.6 Å². The van der Waals surface area contributed by atoms with E-state index in [1.54, 1.807) is 35.2 Å². The van der Waals surface area contributed by atoms with Crippen LogP contribution in [-0.4, -0.2) is 34.0 Å². The van der Waals surface area contributed by atoms with Crippen molar-refractivity contribution in [3.8, 4) is 23.1 Å². The van der Waals surface area contributed by atoms with Gasteiger partial charge >= 0.3 is 0 Å². The number of thiazole rings is 1. The van der Waals surface area contributed by atoms with E-state index in [1.165, 1.54) is 5.56 Å². The van der Waals surface area contributed by atoms with Crippen LogP contribution in [0.15, 0.2) is 88.6 Å². The highest BCUT2D eigenvalue weighted by Gasteiger charge is 2.44. The van der Waals surface area contributed by atoms with Gasteiger partial charge in [-0.3, -0.25) is 4.79 Å². The molecule has 0 radical (unpaired) electrons. The van der Waals surface area contributed by atoms with Crippen LogP contribution >= 0.6 is 23.1 Å². The molecule has 0 spiro atoms. The molecule has 1 unspecified atom stereocenters. The molecule has 3 aromatic carbocycles. The standard InChI is InChI=1S/C31H27N3O2S2/c32-18-22-5-4-8-27(15-22)36-28-16-25-13-14-26(17-28)34(25)30(35)24-11-9-21(10-12-24)19-37-31-33-29(20-38-31)23-6-2-1-3-7-23/h1-12,15,20,25-26,28H,13-14,16-17,19H2/t25-,26+,28?. The van der Waals surface area contributed by atoms with Gasteiger partial charge in [-0.2, -0.15) is 5.26 Å². The van der Waals surface area contributed by atoms with Gasteiger partial charge in [-0.25, -0.2) is 4.98 Å². The smallest absolute Gasteiger partial charge is 0.254 e. The zero-order valence-corrected chi connectivity index (χ0v) is 22.5. The molecule has 2 saturated heterocycles. The number of aromatic nitrogens is 1. The molecule has 6 rings (SSSR count). The van der Waals surface area contributed by atoms with Crippen LogP contribution < -0.4 is 4.74 Å². The normalized spacial score (nSPS) is 20.2. The first-order chi connectivity index (χ1) is 18.7. The molecule has 38 heavy (non-hydrogen) atoms. The Morgan fingerprint density at radius 1 is 1.03 bits per heavy atom. The van der Waals surface area contributed by atoms with Crippen LogP contribution in [0.2, 0.25) is 0 Å². The monoisotopic (exact) mass is 537 g/mol. The summed E-state index contributed by atoms with van der Waals surface area (Å²) < 4.78 is 7.27. The summed E-state index contributed by atoms with van der Waals surface area (Å²) in [5, 5.41) is 11.3. The number of thioether (sulfide) groups is 1. The average Bonchev–Trinajstić information content (AvgIpc) is 3.54. The molecule has 0 aliphatic carbocycles. The fourth-order valence-electron chi connectivity index (χ4n) is 5.49. The topological polar surface area (TPSA) is 66.2 Å². The Morgan fingerprint density at radius 3 is 2.53 bits per heavy atom. The van der Waals surface area contributed by atoms with Gasteiger partial charge in [-0.15, -0.1) is 11.3 Å². The predicted octanol–water partition coefficient (Wildman–Crippen LogP) is 7.19. The molecule has 2 fully saturated rings. The van der Waals surface area contributed by atoms with Crippen LogP contribution in [0.25, 0.3) is 11.3 Å². The maximum Gasteiger partial charge on any atom is 0.254 e. The minimum atomic E-state index is 0.0677. The second kappa shape index (κ2) is 11.0. The molecule has 5 nitrogen and oxygen atoms in total. The number of amides is 1. The summed E-state index contributed by atoms with van der Waals surface area (Å²) in [6, 6.07) is 28.2. The average molecular weight is 538 g/mol. The number of nitrogens with zero attached hydrogens (tertiary/aromatic N) is 3. The zero-order valence-electron chi connectivity index (χ0n) is 20.8. The highest BCUT2D eigenvalue weighted by molar-refractivity contribution is 8.00. The molecule has 190 valence electrons. The number of hydrogen-bond donors (Lipinski definition) is 0. The SMILES string of the molecule is N#Cc1cccc(OC2C[C@H]3CC[C@@H](C2)N3C(=O)c2ccc(CSc3nc(-c4ccccc4)cs3)cc2)c1. The van der Waals surface area contributed by atoms with Crippen molar-refractivity contribution in [1.29, 1.82) is 5.26 Å². The lowest BCUT2D eigenvalue weighted by atomic mass is 9.98. The highest BCUT2D eigenvalue weighted by atomic mass is 32.2. The van der Waals surface area contributed by atoms with Crippen molar-refractivity contribution in [3.63, 3.8) is 0 Å². The molecule has 0 saturated carbocycles. The number of piperidine rings is 1. The number of benzene rings is 3. The quantitative estimate of drug-likeness (QED) is 0.234. The Balaban J connectivity index is 1.05. The molecule has 2 aliphatic rings. The minimum absolute atomic E-state index is 0.0677. The van der Waals surface area contributed by atoms with Crippen molar-refractivity contribution in [1.82, 2.24) is 9.88 Å². The van der Waals surface area contributed by atoms with E-state index in [0.717, 1.165) is 58.3 Å². The van der Waals surface area contributed by atoms with Gasteiger partial charge in [0.2, 0.25) is 0 Å². The first-order valence-corrected chi connectivity index (χ1v) is 14.7. The lowest BCUT2D eigenvalue weighted by Gasteiger charge is -2.39. The molecule has 2 aliphatic heterocycles. The molecule has 4 aromatic rings. The van der Waals surface area contributed by atoms with Gasteiger partial charge in [-0.05, 0) is 48.7 Å². The number of rotatable bonds is 7. The summed E-state index contributed by atoms with van der Waals surface area (Å²) in [6.45, 7) is 0. The third kappa shape index (κ3) is 5.33. The van der Waals surface area contributed by atoms with Gasteiger partial charge in [-0.1, -0.05) is 60.3 Å². The number of nitriles is 1. The Morgan fingerprint density at radius 2 is 1.79 bits per heavy atom. The van der Waals surface area contributed by atoms with Crippen LogP contribution in [0.1, 0.15) is 47.2 Å². The van der Waals surface area contributed by atoms with E-state index in [9.17, 15) is 4.79 Å². The maximum atomic E-state index is 13.5. The summed E-state index contributed by atoms with van der Waals surface area (Å²) in [5.74, 6) is 1.67. The molecule has 1 amide bonds. The maximum absolute atomic E-state index is 13.5. The molecule has 3 atom stereocenters. The van der Waals surface area contributed by atoms with E-state index in [4.69, 9.17) is 15.0 Å². The number of fused-ring (bicyclic) bond motifs is 2.